The van der Waals surface area contributed by atoms with E-state index < -0.39 is 0 Å². The fourth-order valence-electron chi connectivity index (χ4n) is 4.46. The van der Waals surface area contributed by atoms with Gasteiger partial charge in [-0.3, -0.25) is 14.2 Å². The summed E-state index contributed by atoms with van der Waals surface area (Å²) >= 11 is 7.50. The first-order valence-corrected chi connectivity index (χ1v) is 11.7. The fraction of sp³-hybridized carbons (Fsp3) is 0.217. The lowest BCUT2D eigenvalue weighted by atomic mass is 10.1. The topological polar surface area (TPSA) is 73.0 Å². The predicted octanol–water partition coefficient (Wildman–Crippen LogP) is 3.86. The predicted molar refractivity (Wildman–Crippen MR) is 125 cm³/mol. The van der Waals surface area contributed by atoms with Crippen molar-refractivity contribution in [2.75, 3.05) is 17.2 Å². The van der Waals surface area contributed by atoms with Gasteiger partial charge in [-0.15, -0.1) is 0 Å². The summed E-state index contributed by atoms with van der Waals surface area (Å²) in [6.45, 7) is 0.685. The SMILES string of the molecule is O=C(CC1CSc2nc3c(cnn3-c3ccc(Cl)cc3)c(=O)n21)N1CCc2ccccc21. The van der Waals surface area contributed by atoms with Gasteiger partial charge in [0.25, 0.3) is 5.56 Å². The van der Waals surface area contributed by atoms with E-state index in [0.29, 0.717) is 33.5 Å². The molecular weight excluding hydrogens is 446 g/mol. The zero-order valence-electron chi connectivity index (χ0n) is 16.9. The molecule has 1 unspecified atom stereocenters. The average Bonchev–Trinajstić information content (AvgIpc) is 3.52. The summed E-state index contributed by atoms with van der Waals surface area (Å²) in [5.74, 6) is 0.682. The Morgan fingerprint density at radius 2 is 1.97 bits per heavy atom. The highest BCUT2D eigenvalue weighted by Crippen LogP contribution is 2.35. The summed E-state index contributed by atoms with van der Waals surface area (Å²) in [7, 11) is 0. The Hall–Kier alpha value is -3.10. The van der Waals surface area contributed by atoms with E-state index in [1.165, 1.54) is 17.3 Å². The van der Waals surface area contributed by atoms with Crippen molar-refractivity contribution in [3.63, 3.8) is 0 Å². The number of carbonyl (C=O) groups excluding carboxylic acids is 1. The number of nitrogens with zero attached hydrogens (tertiary/aromatic N) is 5. The second-order valence-electron chi connectivity index (χ2n) is 7.93. The van der Waals surface area contributed by atoms with Crippen LogP contribution in [0.2, 0.25) is 5.02 Å². The van der Waals surface area contributed by atoms with Gasteiger partial charge in [0.1, 0.15) is 5.39 Å². The van der Waals surface area contributed by atoms with Gasteiger partial charge in [-0.25, -0.2) is 9.67 Å². The molecule has 32 heavy (non-hydrogen) atoms. The van der Waals surface area contributed by atoms with Gasteiger partial charge in [0.15, 0.2) is 10.8 Å². The molecule has 0 aliphatic carbocycles. The molecule has 0 saturated carbocycles. The number of benzene rings is 2. The van der Waals surface area contributed by atoms with E-state index >= 15 is 0 Å². The van der Waals surface area contributed by atoms with Crippen LogP contribution in [0, 0.1) is 0 Å². The number of hydrogen-bond donors (Lipinski definition) is 0. The molecule has 0 spiro atoms. The molecule has 0 bridgehead atoms. The molecule has 0 fully saturated rings. The molecule has 4 heterocycles. The summed E-state index contributed by atoms with van der Waals surface area (Å²) in [5.41, 5.74) is 3.31. The molecule has 2 aromatic carbocycles. The zero-order chi connectivity index (χ0) is 21.8. The maximum absolute atomic E-state index is 13.3. The first-order chi connectivity index (χ1) is 15.6. The number of para-hydroxylation sites is 1. The number of fused-ring (bicyclic) bond motifs is 3. The Bertz CT molecular complexity index is 1430. The average molecular weight is 464 g/mol. The van der Waals surface area contributed by atoms with Crippen molar-refractivity contribution in [3.05, 3.63) is 75.7 Å². The molecule has 6 rings (SSSR count). The highest BCUT2D eigenvalue weighted by molar-refractivity contribution is 7.99. The largest absolute Gasteiger partial charge is 0.312 e. The van der Waals surface area contributed by atoms with Crippen LogP contribution in [0.15, 0.2) is 64.7 Å². The quantitative estimate of drug-likeness (QED) is 0.431. The Labute approximate surface area is 192 Å². The number of thioether (sulfide) groups is 1. The van der Waals surface area contributed by atoms with Gasteiger partial charge < -0.3 is 4.90 Å². The van der Waals surface area contributed by atoms with Crippen LogP contribution in [-0.4, -0.2) is 37.5 Å². The van der Waals surface area contributed by atoms with Gasteiger partial charge >= 0.3 is 0 Å². The smallest absolute Gasteiger partial charge is 0.265 e. The van der Waals surface area contributed by atoms with E-state index in [2.05, 4.69) is 11.2 Å². The number of hydrogen-bond acceptors (Lipinski definition) is 5. The van der Waals surface area contributed by atoms with E-state index in [1.807, 2.05) is 35.2 Å². The molecule has 2 aromatic heterocycles. The summed E-state index contributed by atoms with van der Waals surface area (Å²) in [6.07, 6.45) is 2.68. The van der Waals surface area contributed by atoms with E-state index in [9.17, 15) is 9.59 Å². The zero-order valence-corrected chi connectivity index (χ0v) is 18.5. The minimum absolute atomic E-state index is 0.0391. The third kappa shape index (κ3) is 3.05. The summed E-state index contributed by atoms with van der Waals surface area (Å²) in [4.78, 5) is 33.0. The van der Waals surface area contributed by atoms with Gasteiger partial charge in [-0.05, 0) is 42.3 Å². The van der Waals surface area contributed by atoms with Crippen LogP contribution in [0.3, 0.4) is 0 Å². The van der Waals surface area contributed by atoms with E-state index in [1.54, 1.807) is 27.6 Å². The first-order valence-electron chi connectivity index (χ1n) is 10.4. The van der Waals surface area contributed by atoms with Crippen LogP contribution in [0.1, 0.15) is 18.0 Å². The van der Waals surface area contributed by atoms with Crippen LogP contribution >= 0.6 is 23.4 Å². The molecule has 0 saturated heterocycles. The fourth-order valence-corrected chi connectivity index (χ4v) is 5.72. The van der Waals surface area contributed by atoms with Crippen molar-refractivity contribution in [3.8, 4) is 5.69 Å². The second-order valence-corrected chi connectivity index (χ2v) is 9.36. The van der Waals surface area contributed by atoms with Crippen molar-refractivity contribution in [1.82, 2.24) is 19.3 Å². The lowest BCUT2D eigenvalue weighted by Gasteiger charge is -2.20. The van der Waals surface area contributed by atoms with Gasteiger partial charge in [0.05, 0.1) is 17.9 Å². The van der Waals surface area contributed by atoms with Gasteiger partial charge in [-0.1, -0.05) is 41.6 Å². The van der Waals surface area contributed by atoms with Crippen molar-refractivity contribution in [2.24, 2.45) is 0 Å². The molecule has 160 valence electrons. The van der Waals surface area contributed by atoms with E-state index in [0.717, 1.165) is 17.8 Å². The van der Waals surface area contributed by atoms with Gasteiger partial charge in [0.2, 0.25) is 5.91 Å². The monoisotopic (exact) mass is 463 g/mol. The molecule has 7 nitrogen and oxygen atoms in total. The summed E-state index contributed by atoms with van der Waals surface area (Å²) in [5, 5.41) is 6.07. The number of halogens is 1. The lowest BCUT2D eigenvalue weighted by Crippen LogP contribution is -2.33. The molecule has 0 radical (unpaired) electrons. The van der Waals surface area contributed by atoms with Crippen LogP contribution < -0.4 is 10.5 Å². The maximum atomic E-state index is 13.3. The van der Waals surface area contributed by atoms with Crippen molar-refractivity contribution >= 4 is 46.0 Å². The number of carbonyl (C=O) groups is 1. The number of anilines is 1. The number of aromatic nitrogens is 4. The summed E-state index contributed by atoms with van der Waals surface area (Å²) in [6, 6.07) is 15.0. The lowest BCUT2D eigenvalue weighted by molar-refractivity contribution is -0.119. The van der Waals surface area contributed by atoms with Crippen LogP contribution in [0.25, 0.3) is 16.7 Å². The Balaban J connectivity index is 1.33. The molecule has 2 aliphatic rings. The third-order valence-electron chi connectivity index (χ3n) is 6.04. The third-order valence-corrected chi connectivity index (χ3v) is 7.39. The van der Waals surface area contributed by atoms with Crippen molar-refractivity contribution in [2.45, 2.75) is 24.0 Å². The Kier molecular flexibility index (Phi) is 4.58. The Morgan fingerprint density at radius 3 is 2.81 bits per heavy atom. The number of amides is 1. The normalized spacial score (nSPS) is 17.0. The minimum atomic E-state index is -0.224. The van der Waals surface area contributed by atoms with Crippen molar-refractivity contribution < 1.29 is 4.79 Å². The molecule has 0 N–H and O–H groups in total. The molecule has 1 amide bonds. The van der Waals surface area contributed by atoms with Crippen molar-refractivity contribution in [1.29, 1.82) is 0 Å². The van der Waals surface area contributed by atoms with E-state index in [4.69, 9.17) is 16.6 Å². The summed E-state index contributed by atoms with van der Waals surface area (Å²) < 4.78 is 3.31. The van der Waals surface area contributed by atoms with Crippen LogP contribution in [0.5, 0.6) is 0 Å². The highest BCUT2D eigenvalue weighted by Gasteiger charge is 2.32. The van der Waals surface area contributed by atoms with Gasteiger partial charge in [-0.2, -0.15) is 5.10 Å². The highest BCUT2D eigenvalue weighted by atomic mass is 35.5. The number of rotatable bonds is 3. The molecule has 4 aromatic rings. The van der Waals surface area contributed by atoms with E-state index in [-0.39, 0.29) is 23.9 Å². The van der Waals surface area contributed by atoms with Gasteiger partial charge in [0, 0.05) is 29.4 Å². The second kappa shape index (κ2) is 7.50. The van der Waals surface area contributed by atoms with Crippen LogP contribution in [-0.2, 0) is 11.2 Å². The minimum Gasteiger partial charge on any atom is -0.312 e. The maximum Gasteiger partial charge on any atom is 0.265 e. The first kappa shape index (κ1) is 19.6. The standard InChI is InChI=1S/C23H18ClN5O2S/c24-15-5-7-16(8-6-15)29-21-18(12-25-29)22(31)28-17(13-32-23(28)26-21)11-20(30)27-10-9-14-3-1-2-4-19(14)27/h1-8,12,17H,9-11,13H2. The molecule has 1 atom stereocenters. The Morgan fingerprint density at radius 1 is 1.16 bits per heavy atom. The van der Waals surface area contributed by atoms with Crippen LogP contribution in [0.4, 0.5) is 5.69 Å². The molecular formula is C23H18ClN5O2S. The molecule has 9 heteroatoms. The molecule has 2 aliphatic heterocycles.